The predicted octanol–water partition coefficient (Wildman–Crippen LogP) is 2.76. The van der Waals surface area contributed by atoms with Crippen LogP contribution in [0.5, 0.6) is 5.75 Å². The van der Waals surface area contributed by atoms with Crippen LogP contribution in [-0.4, -0.2) is 11.6 Å². The standard InChI is InChI=1S/C14H11NO/c1-2-10-16-13-7-5-6-12(11-13)14-8-3-4-9-15-14/h1,3-9,11H,10H2. The van der Waals surface area contributed by atoms with Crippen molar-refractivity contribution in [2.45, 2.75) is 0 Å². The van der Waals surface area contributed by atoms with Crippen LogP contribution in [0.2, 0.25) is 0 Å². The molecule has 0 bridgehead atoms. The zero-order chi connectivity index (χ0) is 11.2. The number of aromatic nitrogens is 1. The lowest BCUT2D eigenvalue weighted by atomic mass is 10.1. The van der Waals surface area contributed by atoms with Gasteiger partial charge in [0.25, 0.3) is 0 Å². The first-order valence-electron chi connectivity index (χ1n) is 4.98. The Labute approximate surface area is 94.9 Å². The molecule has 0 radical (unpaired) electrons. The van der Waals surface area contributed by atoms with Crippen LogP contribution in [0.15, 0.2) is 48.7 Å². The highest BCUT2D eigenvalue weighted by molar-refractivity contribution is 5.60. The second-order valence-electron chi connectivity index (χ2n) is 3.24. The van der Waals surface area contributed by atoms with Crippen molar-refractivity contribution < 1.29 is 4.74 Å². The molecule has 0 spiro atoms. The Morgan fingerprint density at radius 3 is 2.88 bits per heavy atom. The fourth-order valence-electron chi connectivity index (χ4n) is 1.40. The molecule has 0 aliphatic rings. The van der Waals surface area contributed by atoms with Crippen LogP contribution < -0.4 is 4.74 Å². The summed E-state index contributed by atoms with van der Waals surface area (Å²) in [6.07, 6.45) is 6.91. The number of rotatable bonds is 3. The number of pyridine rings is 1. The first-order chi connectivity index (χ1) is 7.90. The Balaban J connectivity index is 2.26. The number of hydrogen-bond acceptors (Lipinski definition) is 2. The predicted molar refractivity (Wildman–Crippen MR) is 64.0 cm³/mol. The van der Waals surface area contributed by atoms with Crippen molar-refractivity contribution in [3.05, 3.63) is 48.7 Å². The fourth-order valence-corrected chi connectivity index (χ4v) is 1.40. The third kappa shape index (κ3) is 2.40. The van der Waals surface area contributed by atoms with Crippen molar-refractivity contribution in [3.63, 3.8) is 0 Å². The van der Waals surface area contributed by atoms with Gasteiger partial charge in [0, 0.05) is 11.8 Å². The topological polar surface area (TPSA) is 22.1 Å². The van der Waals surface area contributed by atoms with E-state index in [1.54, 1.807) is 6.20 Å². The highest BCUT2D eigenvalue weighted by atomic mass is 16.5. The van der Waals surface area contributed by atoms with Gasteiger partial charge in [-0.25, -0.2) is 0 Å². The molecular weight excluding hydrogens is 198 g/mol. The lowest BCUT2D eigenvalue weighted by Gasteiger charge is -2.04. The monoisotopic (exact) mass is 209 g/mol. The molecule has 0 aliphatic carbocycles. The molecule has 1 aromatic heterocycles. The summed E-state index contributed by atoms with van der Waals surface area (Å²) < 4.78 is 5.35. The van der Waals surface area contributed by atoms with Crippen molar-refractivity contribution in [1.82, 2.24) is 4.98 Å². The minimum Gasteiger partial charge on any atom is -0.481 e. The second-order valence-corrected chi connectivity index (χ2v) is 3.24. The first-order valence-corrected chi connectivity index (χ1v) is 4.98. The Hall–Kier alpha value is -2.27. The van der Waals surface area contributed by atoms with E-state index in [2.05, 4.69) is 10.9 Å². The molecule has 0 saturated carbocycles. The molecule has 1 aromatic carbocycles. The Kier molecular flexibility index (Phi) is 3.20. The van der Waals surface area contributed by atoms with Gasteiger partial charge in [-0.2, -0.15) is 0 Å². The number of terminal acetylenes is 1. The van der Waals surface area contributed by atoms with E-state index in [0.717, 1.165) is 17.0 Å². The molecular formula is C14H11NO. The minimum atomic E-state index is 0.283. The molecule has 0 fully saturated rings. The average Bonchev–Trinajstić information content (AvgIpc) is 2.38. The summed E-state index contributed by atoms with van der Waals surface area (Å²) in [5.41, 5.74) is 1.95. The van der Waals surface area contributed by atoms with Crippen LogP contribution in [0.25, 0.3) is 11.3 Å². The van der Waals surface area contributed by atoms with Crippen molar-refractivity contribution in [2.24, 2.45) is 0 Å². The van der Waals surface area contributed by atoms with E-state index in [9.17, 15) is 0 Å². The summed E-state index contributed by atoms with van der Waals surface area (Å²) >= 11 is 0. The van der Waals surface area contributed by atoms with Crippen LogP contribution >= 0.6 is 0 Å². The van der Waals surface area contributed by atoms with E-state index in [1.165, 1.54) is 0 Å². The highest BCUT2D eigenvalue weighted by Gasteiger charge is 1.99. The van der Waals surface area contributed by atoms with E-state index in [0.29, 0.717) is 0 Å². The van der Waals surface area contributed by atoms with Gasteiger partial charge in [-0.05, 0) is 24.3 Å². The molecule has 0 aliphatic heterocycles. The molecule has 2 aromatic rings. The average molecular weight is 209 g/mol. The summed E-state index contributed by atoms with van der Waals surface area (Å²) in [7, 11) is 0. The maximum Gasteiger partial charge on any atom is 0.148 e. The van der Waals surface area contributed by atoms with Crippen LogP contribution in [0.4, 0.5) is 0 Å². The molecule has 0 unspecified atom stereocenters. The van der Waals surface area contributed by atoms with E-state index in [-0.39, 0.29) is 6.61 Å². The van der Waals surface area contributed by atoms with Crippen LogP contribution in [0.3, 0.4) is 0 Å². The second kappa shape index (κ2) is 4.99. The Morgan fingerprint density at radius 2 is 2.12 bits per heavy atom. The quantitative estimate of drug-likeness (QED) is 0.725. The van der Waals surface area contributed by atoms with Gasteiger partial charge in [-0.15, -0.1) is 6.42 Å². The molecule has 2 nitrogen and oxygen atoms in total. The molecule has 0 amide bonds. The molecule has 16 heavy (non-hydrogen) atoms. The van der Waals surface area contributed by atoms with Crippen LogP contribution in [0, 0.1) is 12.3 Å². The lowest BCUT2D eigenvalue weighted by Crippen LogP contribution is -1.93. The fraction of sp³-hybridized carbons (Fsp3) is 0.0714. The number of hydrogen-bond donors (Lipinski definition) is 0. The molecule has 2 rings (SSSR count). The SMILES string of the molecule is C#CCOc1cccc(-c2ccccn2)c1. The molecule has 0 atom stereocenters. The molecule has 78 valence electrons. The Bertz CT molecular complexity index is 500. The first kappa shape index (κ1) is 10.3. The summed E-state index contributed by atoms with van der Waals surface area (Å²) in [6.45, 7) is 0.283. The summed E-state index contributed by atoms with van der Waals surface area (Å²) in [4.78, 5) is 4.27. The van der Waals surface area contributed by atoms with Crippen LogP contribution in [0.1, 0.15) is 0 Å². The highest BCUT2D eigenvalue weighted by Crippen LogP contribution is 2.21. The molecule has 2 heteroatoms. The molecule has 1 heterocycles. The smallest absolute Gasteiger partial charge is 0.148 e. The van der Waals surface area contributed by atoms with E-state index in [1.807, 2.05) is 42.5 Å². The third-order valence-electron chi connectivity index (χ3n) is 2.12. The zero-order valence-corrected chi connectivity index (χ0v) is 8.76. The Morgan fingerprint density at radius 1 is 1.19 bits per heavy atom. The molecule has 0 saturated heterocycles. The van der Waals surface area contributed by atoms with Crippen molar-refractivity contribution in [3.8, 4) is 29.4 Å². The van der Waals surface area contributed by atoms with E-state index < -0.39 is 0 Å². The third-order valence-corrected chi connectivity index (χ3v) is 2.12. The summed E-state index contributed by atoms with van der Waals surface area (Å²) in [6, 6.07) is 13.5. The van der Waals surface area contributed by atoms with Crippen LogP contribution in [-0.2, 0) is 0 Å². The number of ether oxygens (including phenoxy) is 1. The number of nitrogens with zero attached hydrogens (tertiary/aromatic N) is 1. The van der Waals surface area contributed by atoms with Gasteiger partial charge in [0.2, 0.25) is 0 Å². The van der Waals surface area contributed by atoms with E-state index in [4.69, 9.17) is 11.2 Å². The van der Waals surface area contributed by atoms with Crippen molar-refractivity contribution in [1.29, 1.82) is 0 Å². The minimum absolute atomic E-state index is 0.283. The largest absolute Gasteiger partial charge is 0.481 e. The van der Waals surface area contributed by atoms with Gasteiger partial charge < -0.3 is 4.74 Å². The number of benzene rings is 1. The zero-order valence-electron chi connectivity index (χ0n) is 8.76. The molecule has 0 N–H and O–H groups in total. The maximum atomic E-state index is 5.35. The van der Waals surface area contributed by atoms with Gasteiger partial charge in [-0.3, -0.25) is 4.98 Å². The van der Waals surface area contributed by atoms with Gasteiger partial charge >= 0.3 is 0 Å². The van der Waals surface area contributed by atoms with Gasteiger partial charge in [0.1, 0.15) is 12.4 Å². The maximum absolute atomic E-state index is 5.35. The van der Waals surface area contributed by atoms with E-state index >= 15 is 0 Å². The van der Waals surface area contributed by atoms with Gasteiger partial charge in [0.15, 0.2) is 0 Å². The van der Waals surface area contributed by atoms with Gasteiger partial charge in [0.05, 0.1) is 5.69 Å². The normalized spacial score (nSPS) is 9.44. The van der Waals surface area contributed by atoms with Gasteiger partial charge in [-0.1, -0.05) is 24.1 Å². The van der Waals surface area contributed by atoms with Crippen molar-refractivity contribution >= 4 is 0 Å². The van der Waals surface area contributed by atoms with Crippen molar-refractivity contribution in [2.75, 3.05) is 6.61 Å². The summed E-state index contributed by atoms with van der Waals surface area (Å²) in [5.74, 6) is 3.20. The summed E-state index contributed by atoms with van der Waals surface area (Å²) in [5, 5.41) is 0. The lowest BCUT2D eigenvalue weighted by molar-refractivity contribution is 0.370.